The van der Waals surface area contributed by atoms with E-state index >= 15 is 0 Å². The molecule has 1 saturated heterocycles. The summed E-state index contributed by atoms with van der Waals surface area (Å²) in [5.74, 6) is -1.20. The van der Waals surface area contributed by atoms with Gasteiger partial charge in [0, 0.05) is 11.8 Å². The molecule has 1 aliphatic heterocycles. The van der Waals surface area contributed by atoms with Crippen molar-refractivity contribution < 1.29 is 28.8 Å². The predicted octanol–water partition coefficient (Wildman–Crippen LogP) is 1.07. The first kappa shape index (κ1) is 21.9. The minimum absolute atomic E-state index is 0.112. The second-order valence-corrected chi connectivity index (χ2v) is 7.66. The zero-order valence-electron chi connectivity index (χ0n) is 15.2. The SMILES string of the molecule is CCCSC1OC(CO)C(O)C(N/C=C(\N)c2cc(C)c(F)c(F)c2)C1O. The van der Waals surface area contributed by atoms with E-state index in [4.69, 9.17) is 10.5 Å². The fourth-order valence-corrected chi connectivity index (χ4v) is 3.87. The molecule has 0 aromatic heterocycles. The molecule has 0 amide bonds. The number of ether oxygens (including phenoxy) is 1. The smallest absolute Gasteiger partial charge is 0.161 e. The Bertz CT molecular complexity index is 654. The molecule has 6 nitrogen and oxygen atoms in total. The number of thioether (sulfide) groups is 1. The third kappa shape index (κ3) is 5.11. The highest BCUT2D eigenvalue weighted by Crippen LogP contribution is 2.29. The molecular formula is C18H26F2N2O4S. The van der Waals surface area contributed by atoms with Gasteiger partial charge in [-0.2, -0.15) is 0 Å². The first-order valence-electron chi connectivity index (χ1n) is 8.71. The highest BCUT2D eigenvalue weighted by molar-refractivity contribution is 7.99. The number of aliphatic hydroxyl groups is 3. The molecule has 5 atom stereocenters. The average molecular weight is 404 g/mol. The summed E-state index contributed by atoms with van der Waals surface area (Å²) in [6, 6.07) is 1.53. The number of hydrogen-bond acceptors (Lipinski definition) is 7. The Labute approximate surface area is 161 Å². The average Bonchev–Trinajstić information content (AvgIpc) is 2.64. The van der Waals surface area contributed by atoms with Crippen molar-refractivity contribution in [1.29, 1.82) is 0 Å². The van der Waals surface area contributed by atoms with Crippen LogP contribution in [0.5, 0.6) is 0 Å². The largest absolute Gasteiger partial charge is 0.397 e. The number of hydrogen-bond donors (Lipinski definition) is 5. The van der Waals surface area contributed by atoms with E-state index in [-0.39, 0.29) is 16.8 Å². The van der Waals surface area contributed by atoms with E-state index in [1.54, 1.807) is 0 Å². The maximum absolute atomic E-state index is 13.6. The van der Waals surface area contributed by atoms with Crippen molar-refractivity contribution in [3.05, 3.63) is 41.1 Å². The lowest BCUT2D eigenvalue weighted by atomic mass is 9.97. The van der Waals surface area contributed by atoms with Crippen LogP contribution in [0, 0.1) is 18.6 Å². The van der Waals surface area contributed by atoms with Crippen LogP contribution >= 0.6 is 11.8 Å². The minimum atomic E-state index is -1.18. The van der Waals surface area contributed by atoms with Crippen LogP contribution in [0.15, 0.2) is 18.3 Å². The quantitative estimate of drug-likeness (QED) is 0.463. The summed E-state index contributed by atoms with van der Waals surface area (Å²) in [6.45, 7) is 3.01. The van der Waals surface area contributed by atoms with E-state index in [1.807, 2.05) is 6.92 Å². The van der Waals surface area contributed by atoms with E-state index in [2.05, 4.69) is 5.32 Å². The lowest BCUT2D eigenvalue weighted by Gasteiger charge is -2.42. The Morgan fingerprint density at radius 1 is 1.33 bits per heavy atom. The van der Waals surface area contributed by atoms with Crippen LogP contribution in [-0.4, -0.2) is 57.5 Å². The molecule has 0 saturated carbocycles. The summed E-state index contributed by atoms with van der Waals surface area (Å²) in [6.07, 6.45) is -0.899. The molecule has 1 aromatic carbocycles. The maximum atomic E-state index is 13.6. The molecule has 1 heterocycles. The van der Waals surface area contributed by atoms with Gasteiger partial charge in [0.1, 0.15) is 23.7 Å². The summed E-state index contributed by atoms with van der Waals surface area (Å²) < 4.78 is 32.6. The van der Waals surface area contributed by atoms with Crippen LogP contribution in [0.4, 0.5) is 8.78 Å². The van der Waals surface area contributed by atoms with Crippen molar-refractivity contribution in [3.63, 3.8) is 0 Å². The monoisotopic (exact) mass is 404 g/mol. The van der Waals surface area contributed by atoms with Crippen LogP contribution < -0.4 is 11.1 Å². The van der Waals surface area contributed by atoms with E-state index in [0.717, 1.165) is 18.2 Å². The second kappa shape index (κ2) is 9.70. The Kier molecular flexibility index (Phi) is 7.87. The minimum Gasteiger partial charge on any atom is -0.397 e. The summed E-state index contributed by atoms with van der Waals surface area (Å²) in [4.78, 5) is 0. The van der Waals surface area contributed by atoms with Gasteiger partial charge in [-0.15, -0.1) is 11.8 Å². The molecule has 1 aromatic rings. The molecular weight excluding hydrogens is 378 g/mol. The Morgan fingerprint density at radius 2 is 2.04 bits per heavy atom. The van der Waals surface area contributed by atoms with Crippen molar-refractivity contribution >= 4 is 17.5 Å². The Morgan fingerprint density at radius 3 is 2.63 bits per heavy atom. The molecule has 0 spiro atoms. The number of rotatable bonds is 7. The number of nitrogens with one attached hydrogen (secondary N) is 1. The fourth-order valence-electron chi connectivity index (χ4n) is 2.82. The summed E-state index contributed by atoms with van der Waals surface area (Å²) in [5, 5.41) is 33.1. The number of nitrogens with two attached hydrogens (primary N) is 1. The highest BCUT2D eigenvalue weighted by atomic mass is 32.2. The van der Waals surface area contributed by atoms with E-state index in [9.17, 15) is 24.1 Å². The van der Waals surface area contributed by atoms with Gasteiger partial charge < -0.3 is 31.1 Å². The Hall–Kier alpha value is -1.39. The first-order chi connectivity index (χ1) is 12.8. The normalized spacial score (nSPS) is 29.0. The molecule has 6 N–H and O–H groups in total. The number of aliphatic hydroxyl groups excluding tert-OH is 3. The topological polar surface area (TPSA) is 108 Å². The molecule has 0 radical (unpaired) electrons. The van der Waals surface area contributed by atoms with Crippen LogP contribution in [0.25, 0.3) is 5.70 Å². The van der Waals surface area contributed by atoms with Gasteiger partial charge in [0.15, 0.2) is 11.6 Å². The van der Waals surface area contributed by atoms with Crippen molar-refractivity contribution in [3.8, 4) is 0 Å². The third-order valence-corrected chi connectivity index (χ3v) is 5.71. The molecule has 0 aliphatic carbocycles. The highest BCUT2D eigenvalue weighted by Gasteiger charge is 2.44. The van der Waals surface area contributed by atoms with Crippen LogP contribution in [0.2, 0.25) is 0 Å². The van der Waals surface area contributed by atoms with E-state index in [0.29, 0.717) is 0 Å². The number of halogens is 2. The molecule has 2 rings (SSSR count). The molecule has 152 valence electrons. The maximum Gasteiger partial charge on any atom is 0.161 e. The molecule has 0 bridgehead atoms. The summed E-state index contributed by atoms with van der Waals surface area (Å²) >= 11 is 1.39. The third-order valence-electron chi connectivity index (χ3n) is 4.35. The Balaban J connectivity index is 2.18. The van der Waals surface area contributed by atoms with Crippen LogP contribution in [0.1, 0.15) is 24.5 Å². The number of benzene rings is 1. The predicted molar refractivity (Wildman–Crippen MR) is 101 cm³/mol. The van der Waals surface area contributed by atoms with Gasteiger partial charge >= 0.3 is 0 Å². The van der Waals surface area contributed by atoms with Crippen molar-refractivity contribution in [1.82, 2.24) is 5.32 Å². The van der Waals surface area contributed by atoms with E-state index in [1.165, 1.54) is 31.0 Å². The fraction of sp³-hybridized carbons (Fsp3) is 0.556. The van der Waals surface area contributed by atoms with Gasteiger partial charge in [0.25, 0.3) is 0 Å². The zero-order chi connectivity index (χ0) is 20.1. The lowest BCUT2D eigenvalue weighted by Crippen LogP contribution is -2.62. The molecule has 5 unspecified atom stereocenters. The standard InChI is InChI=1S/C18H26F2N2O4S/c1-3-4-27-18-17(25)15(16(24)13(8-23)26-18)22-7-12(21)10-5-9(2)14(20)11(19)6-10/h5-7,13,15-18,22-25H,3-4,8,21H2,1-2H3/b12-7-. The van der Waals surface area contributed by atoms with Crippen molar-refractivity contribution in [2.45, 2.75) is 50.1 Å². The van der Waals surface area contributed by atoms with Gasteiger partial charge in [0.2, 0.25) is 0 Å². The second-order valence-electron chi connectivity index (χ2n) is 6.46. The van der Waals surface area contributed by atoms with Gasteiger partial charge in [-0.1, -0.05) is 6.92 Å². The van der Waals surface area contributed by atoms with E-state index < -0.39 is 48.0 Å². The molecule has 27 heavy (non-hydrogen) atoms. The summed E-state index contributed by atoms with van der Waals surface area (Å²) in [5.41, 5.74) is 5.81. The van der Waals surface area contributed by atoms with Gasteiger partial charge in [-0.05, 0) is 36.8 Å². The number of aryl methyl sites for hydroxylation is 1. The van der Waals surface area contributed by atoms with Crippen molar-refractivity contribution in [2.24, 2.45) is 5.73 Å². The summed E-state index contributed by atoms with van der Waals surface area (Å²) in [7, 11) is 0. The molecule has 1 aliphatic rings. The van der Waals surface area contributed by atoms with Gasteiger partial charge in [-0.25, -0.2) is 8.78 Å². The lowest BCUT2D eigenvalue weighted by molar-refractivity contribution is -0.164. The molecule has 1 fully saturated rings. The zero-order valence-corrected chi connectivity index (χ0v) is 16.0. The van der Waals surface area contributed by atoms with Crippen LogP contribution in [0.3, 0.4) is 0 Å². The molecule has 9 heteroatoms. The van der Waals surface area contributed by atoms with Crippen molar-refractivity contribution in [2.75, 3.05) is 12.4 Å². The van der Waals surface area contributed by atoms with Gasteiger partial charge in [-0.3, -0.25) is 0 Å². The van der Waals surface area contributed by atoms with Gasteiger partial charge in [0.05, 0.1) is 18.3 Å². The van der Waals surface area contributed by atoms with Crippen LogP contribution in [-0.2, 0) is 4.74 Å². The first-order valence-corrected chi connectivity index (χ1v) is 9.76.